The Balaban J connectivity index is 1.72. The quantitative estimate of drug-likeness (QED) is 0.755. The Labute approximate surface area is 127 Å². The van der Waals surface area contributed by atoms with Crippen LogP contribution in [0.2, 0.25) is 0 Å². The SMILES string of the molecule is NC(=S)c1cn[nH]c1NC(=O)C1CCc2ccccc2C1. The zero-order valence-corrected chi connectivity index (χ0v) is 12.2. The van der Waals surface area contributed by atoms with Crippen LogP contribution in [0.3, 0.4) is 0 Å². The molecule has 2 aromatic rings. The highest BCUT2D eigenvalue weighted by atomic mass is 32.1. The van der Waals surface area contributed by atoms with Crippen molar-refractivity contribution < 1.29 is 4.79 Å². The summed E-state index contributed by atoms with van der Waals surface area (Å²) in [5.41, 5.74) is 8.75. The number of nitrogens with one attached hydrogen (secondary N) is 2. The summed E-state index contributed by atoms with van der Waals surface area (Å²) in [5, 5.41) is 9.44. The molecule has 3 rings (SSSR count). The van der Waals surface area contributed by atoms with E-state index in [1.807, 2.05) is 12.1 Å². The van der Waals surface area contributed by atoms with E-state index in [4.69, 9.17) is 18.0 Å². The van der Waals surface area contributed by atoms with Gasteiger partial charge in [0.15, 0.2) is 0 Å². The Hall–Kier alpha value is -2.21. The van der Waals surface area contributed by atoms with E-state index in [-0.39, 0.29) is 16.8 Å². The predicted molar refractivity (Wildman–Crippen MR) is 85.1 cm³/mol. The minimum absolute atomic E-state index is 0.0220. The van der Waals surface area contributed by atoms with Crippen LogP contribution in [0.5, 0.6) is 0 Å². The van der Waals surface area contributed by atoms with Gasteiger partial charge in [-0.3, -0.25) is 9.89 Å². The lowest BCUT2D eigenvalue weighted by Gasteiger charge is -2.23. The molecule has 1 aromatic heterocycles. The first kappa shape index (κ1) is 13.8. The second-order valence-electron chi connectivity index (χ2n) is 5.22. The van der Waals surface area contributed by atoms with Crippen molar-refractivity contribution in [2.24, 2.45) is 11.7 Å². The first-order valence-electron chi connectivity index (χ1n) is 6.86. The fraction of sp³-hybridized carbons (Fsp3) is 0.267. The molecule has 1 aliphatic rings. The summed E-state index contributed by atoms with van der Waals surface area (Å²) in [6.45, 7) is 0. The van der Waals surface area contributed by atoms with Gasteiger partial charge in [-0.1, -0.05) is 36.5 Å². The highest BCUT2D eigenvalue weighted by Gasteiger charge is 2.25. The van der Waals surface area contributed by atoms with Gasteiger partial charge < -0.3 is 11.1 Å². The maximum Gasteiger partial charge on any atom is 0.228 e. The Morgan fingerprint density at radius 2 is 2.14 bits per heavy atom. The number of carbonyl (C=O) groups is 1. The molecule has 5 nitrogen and oxygen atoms in total. The molecule has 108 valence electrons. The molecule has 6 heteroatoms. The number of benzene rings is 1. The number of thiocarbonyl (C=S) groups is 1. The van der Waals surface area contributed by atoms with Crippen molar-refractivity contribution in [3.05, 3.63) is 47.2 Å². The van der Waals surface area contributed by atoms with Gasteiger partial charge in [-0.2, -0.15) is 5.10 Å². The summed E-state index contributed by atoms with van der Waals surface area (Å²) < 4.78 is 0. The van der Waals surface area contributed by atoms with Crippen molar-refractivity contribution in [3.8, 4) is 0 Å². The molecule has 0 bridgehead atoms. The number of anilines is 1. The molecular weight excluding hydrogens is 284 g/mol. The molecule has 0 saturated heterocycles. The van der Waals surface area contributed by atoms with E-state index in [1.165, 1.54) is 17.3 Å². The van der Waals surface area contributed by atoms with Crippen LogP contribution in [0.1, 0.15) is 23.1 Å². The number of hydrogen-bond acceptors (Lipinski definition) is 3. The molecule has 1 aliphatic carbocycles. The van der Waals surface area contributed by atoms with Crippen molar-refractivity contribution >= 4 is 28.9 Å². The van der Waals surface area contributed by atoms with Crippen LogP contribution in [0.25, 0.3) is 0 Å². The van der Waals surface area contributed by atoms with E-state index < -0.39 is 0 Å². The zero-order valence-electron chi connectivity index (χ0n) is 11.4. The third kappa shape index (κ3) is 2.80. The van der Waals surface area contributed by atoms with E-state index in [2.05, 4.69) is 27.6 Å². The number of amides is 1. The Kier molecular flexibility index (Phi) is 3.70. The summed E-state index contributed by atoms with van der Waals surface area (Å²) in [5.74, 6) is 0.417. The van der Waals surface area contributed by atoms with Crippen LogP contribution in [-0.4, -0.2) is 21.1 Å². The van der Waals surface area contributed by atoms with Crippen molar-refractivity contribution in [2.45, 2.75) is 19.3 Å². The van der Waals surface area contributed by atoms with Crippen LogP contribution in [0.4, 0.5) is 5.82 Å². The first-order chi connectivity index (χ1) is 10.1. The second-order valence-corrected chi connectivity index (χ2v) is 5.66. The summed E-state index contributed by atoms with van der Waals surface area (Å²) in [6, 6.07) is 8.27. The number of hydrogen-bond donors (Lipinski definition) is 3. The van der Waals surface area contributed by atoms with Crippen molar-refractivity contribution in [1.29, 1.82) is 0 Å². The van der Waals surface area contributed by atoms with E-state index in [0.29, 0.717) is 11.4 Å². The second kappa shape index (κ2) is 5.65. The molecule has 1 heterocycles. The third-order valence-electron chi connectivity index (χ3n) is 3.87. The summed E-state index contributed by atoms with van der Waals surface area (Å²) in [6.07, 6.45) is 4.06. The number of rotatable bonds is 3. The van der Waals surface area contributed by atoms with Crippen molar-refractivity contribution in [3.63, 3.8) is 0 Å². The lowest BCUT2D eigenvalue weighted by molar-refractivity contribution is -0.120. The monoisotopic (exact) mass is 300 g/mol. The number of aromatic nitrogens is 2. The Morgan fingerprint density at radius 3 is 2.90 bits per heavy atom. The minimum atomic E-state index is -0.0394. The maximum atomic E-state index is 12.4. The Bertz CT molecular complexity index is 694. The molecule has 0 spiro atoms. The molecule has 1 unspecified atom stereocenters. The van der Waals surface area contributed by atoms with Gasteiger partial charge in [0.1, 0.15) is 10.8 Å². The molecule has 0 radical (unpaired) electrons. The molecule has 21 heavy (non-hydrogen) atoms. The molecule has 1 amide bonds. The fourth-order valence-corrected chi connectivity index (χ4v) is 2.87. The first-order valence-corrected chi connectivity index (χ1v) is 7.27. The largest absolute Gasteiger partial charge is 0.389 e. The van der Waals surface area contributed by atoms with Crippen LogP contribution >= 0.6 is 12.2 Å². The van der Waals surface area contributed by atoms with E-state index >= 15 is 0 Å². The van der Waals surface area contributed by atoms with Crippen LogP contribution in [0, 0.1) is 5.92 Å². The highest BCUT2D eigenvalue weighted by Crippen LogP contribution is 2.26. The van der Waals surface area contributed by atoms with E-state index in [9.17, 15) is 4.79 Å². The van der Waals surface area contributed by atoms with Gasteiger partial charge >= 0.3 is 0 Å². The lowest BCUT2D eigenvalue weighted by Crippen LogP contribution is -2.29. The molecule has 0 saturated carbocycles. The van der Waals surface area contributed by atoms with Gasteiger partial charge in [-0.25, -0.2) is 0 Å². The summed E-state index contributed by atoms with van der Waals surface area (Å²) in [7, 11) is 0. The number of fused-ring (bicyclic) bond motifs is 1. The fourth-order valence-electron chi connectivity index (χ4n) is 2.72. The number of carbonyl (C=O) groups excluding carboxylic acids is 1. The molecule has 1 atom stereocenters. The van der Waals surface area contributed by atoms with Crippen molar-refractivity contribution in [2.75, 3.05) is 5.32 Å². The molecule has 1 aromatic carbocycles. The van der Waals surface area contributed by atoms with Crippen LogP contribution in [0.15, 0.2) is 30.5 Å². The van der Waals surface area contributed by atoms with Gasteiger partial charge in [-0.15, -0.1) is 0 Å². The van der Waals surface area contributed by atoms with Crippen LogP contribution in [-0.2, 0) is 17.6 Å². The smallest absolute Gasteiger partial charge is 0.228 e. The Morgan fingerprint density at radius 1 is 1.38 bits per heavy atom. The lowest BCUT2D eigenvalue weighted by atomic mass is 9.83. The standard InChI is InChI=1S/C15H16N4OS/c16-13(21)12-8-17-19-14(12)18-15(20)11-6-5-9-3-1-2-4-10(9)7-11/h1-4,8,11H,5-7H2,(H2,16,21)(H2,17,18,19,20). The number of aryl methyl sites for hydroxylation is 1. The van der Waals surface area contributed by atoms with Gasteiger partial charge in [0, 0.05) is 5.92 Å². The highest BCUT2D eigenvalue weighted by molar-refractivity contribution is 7.80. The number of nitrogens with zero attached hydrogens (tertiary/aromatic N) is 1. The predicted octanol–water partition coefficient (Wildman–Crippen LogP) is 1.79. The normalized spacial score (nSPS) is 17.0. The summed E-state index contributed by atoms with van der Waals surface area (Å²) in [4.78, 5) is 12.6. The number of H-pyrrole nitrogens is 1. The average molecular weight is 300 g/mol. The zero-order chi connectivity index (χ0) is 14.8. The van der Waals surface area contributed by atoms with E-state index in [1.54, 1.807) is 0 Å². The molecular formula is C15H16N4OS. The maximum absolute atomic E-state index is 12.4. The minimum Gasteiger partial charge on any atom is -0.389 e. The van der Waals surface area contributed by atoms with Crippen molar-refractivity contribution in [1.82, 2.24) is 10.2 Å². The number of aromatic amines is 1. The molecule has 0 fully saturated rings. The van der Waals surface area contributed by atoms with Gasteiger partial charge in [0.05, 0.1) is 11.8 Å². The number of nitrogens with two attached hydrogens (primary N) is 1. The third-order valence-corrected chi connectivity index (χ3v) is 4.09. The van der Waals surface area contributed by atoms with Crippen LogP contribution < -0.4 is 11.1 Å². The summed E-state index contributed by atoms with van der Waals surface area (Å²) >= 11 is 4.93. The van der Waals surface area contributed by atoms with Gasteiger partial charge in [0.25, 0.3) is 0 Å². The molecule has 4 N–H and O–H groups in total. The van der Waals surface area contributed by atoms with Gasteiger partial charge in [0.2, 0.25) is 5.91 Å². The van der Waals surface area contributed by atoms with Gasteiger partial charge in [-0.05, 0) is 30.4 Å². The molecule has 0 aliphatic heterocycles. The average Bonchev–Trinajstić information content (AvgIpc) is 2.95. The van der Waals surface area contributed by atoms with E-state index in [0.717, 1.165) is 19.3 Å². The topological polar surface area (TPSA) is 83.8 Å².